The number of amides is 1. The normalized spacial score (nSPS) is 19.9. The smallest absolute Gasteiger partial charge is 0.234 e. The van der Waals surface area contributed by atoms with Gasteiger partial charge in [-0.25, -0.2) is 0 Å². The Hall–Kier alpha value is -2.57. The second-order valence-electron chi connectivity index (χ2n) is 7.34. The molecule has 0 saturated carbocycles. The Bertz CT molecular complexity index is 776. The Balaban J connectivity index is 1.15. The molecule has 4 rings (SSSR count). The first-order chi connectivity index (χ1) is 13.8. The molecule has 2 aromatic rings. The zero-order valence-electron chi connectivity index (χ0n) is 16.0. The fourth-order valence-corrected chi connectivity index (χ4v) is 3.60. The number of benzene rings is 2. The zero-order chi connectivity index (χ0) is 19.2. The molecule has 2 aromatic carbocycles. The summed E-state index contributed by atoms with van der Waals surface area (Å²) in [5.74, 6) is 1.54. The number of carbonyl (C=O) groups excluding carboxylic acids is 1. The van der Waals surface area contributed by atoms with Crippen molar-refractivity contribution < 1.29 is 14.3 Å². The summed E-state index contributed by atoms with van der Waals surface area (Å²) in [5, 5.41) is 2.98. The van der Waals surface area contributed by atoms with Gasteiger partial charge in [0.1, 0.15) is 12.7 Å². The van der Waals surface area contributed by atoms with E-state index in [1.165, 1.54) is 5.56 Å². The molecule has 1 amide bonds. The minimum absolute atomic E-state index is 0.0407. The van der Waals surface area contributed by atoms with Gasteiger partial charge in [-0.2, -0.15) is 0 Å². The second-order valence-corrected chi connectivity index (χ2v) is 7.34. The van der Waals surface area contributed by atoms with Crippen molar-refractivity contribution in [2.24, 2.45) is 0 Å². The number of nitrogens with zero attached hydrogens (tertiary/aromatic N) is 2. The van der Waals surface area contributed by atoms with Crippen molar-refractivity contribution in [3.8, 4) is 11.5 Å². The molecule has 6 nitrogen and oxygen atoms in total. The van der Waals surface area contributed by atoms with Crippen LogP contribution in [0.1, 0.15) is 5.56 Å². The van der Waals surface area contributed by atoms with E-state index in [-0.39, 0.29) is 12.0 Å². The average Bonchev–Trinajstić information content (AvgIpc) is 2.74. The van der Waals surface area contributed by atoms with E-state index in [1.54, 1.807) is 0 Å². The predicted octanol–water partition coefficient (Wildman–Crippen LogP) is 1.76. The lowest BCUT2D eigenvalue weighted by Gasteiger charge is -2.34. The molecule has 6 heteroatoms. The highest BCUT2D eigenvalue weighted by Gasteiger charge is 2.22. The first-order valence-electron chi connectivity index (χ1n) is 9.90. The summed E-state index contributed by atoms with van der Waals surface area (Å²) in [6, 6.07) is 18.1. The highest BCUT2D eigenvalue weighted by molar-refractivity contribution is 5.78. The minimum atomic E-state index is -0.151. The van der Waals surface area contributed by atoms with Gasteiger partial charge in [-0.3, -0.25) is 14.6 Å². The molecule has 2 aliphatic heterocycles. The second kappa shape index (κ2) is 9.08. The van der Waals surface area contributed by atoms with Gasteiger partial charge in [0.2, 0.25) is 5.91 Å². The molecule has 1 saturated heterocycles. The summed E-state index contributed by atoms with van der Waals surface area (Å²) in [5.41, 5.74) is 1.34. The van der Waals surface area contributed by atoms with Crippen molar-refractivity contribution in [1.82, 2.24) is 15.1 Å². The molecule has 2 aliphatic rings. The Kier molecular flexibility index (Phi) is 6.09. The first-order valence-corrected chi connectivity index (χ1v) is 9.90. The molecule has 1 N–H and O–H groups in total. The third-order valence-electron chi connectivity index (χ3n) is 5.18. The van der Waals surface area contributed by atoms with Gasteiger partial charge in [-0.05, 0) is 17.7 Å². The monoisotopic (exact) mass is 381 g/mol. The minimum Gasteiger partial charge on any atom is -0.486 e. The summed E-state index contributed by atoms with van der Waals surface area (Å²) >= 11 is 0. The third-order valence-corrected chi connectivity index (χ3v) is 5.18. The summed E-state index contributed by atoms with van der Waals surface area (Å²) in [7, 11) is 0. The van der Waals surface area contributed by atoms with Gasteiger partial charge in [0.05, 0.1) is 13.1 Å². The maximum atomic E-state index is 12.3. The van der Waals surface area contributed by atoms with E-state index in [0.29, 0.717) is 19.7 Å². The molecular weight excluding hydrogens is 354 g/mol. The fraction of sp³-hybridized carbons (Fsp3) is 0.409. The van der Waals surface area contributed by atoms with Gasteiger partial charge >= 0.3 is 0 Å². The van der Waals surface area contributed by atoms with Crippen molar-refractivity contribution in [1.29, 1.82) is 0 Å². The number of rotatable bonds is 6. The predicted molar refractivity (Wildman–Crippen MR) is 108 cm³/mol. The van der Waals surface area contributed by atoms with Crippen LogP contribution in [-0.2, 0) is 11.3 Å². The lowest BCUT2D eigenvalue weighted by molar-refractivity contribution is -0.123. The molecule has 0 unspecified atom stereocenters. The quantitative estimate of drug-likeness (QED) is 0.826. The fourth-order valence-electron chi connectivity index (χ4n) is 3.60. The van der Waals surface area contributed by atoms with Crippen LogP contribution in [0.15, 0.2) is 54.6 Å². The van der Waals surface area contributed by atoms with Gasteiger partial charge in [0.25, 0.3) is 0 Å². The highest BCUT2D eigenvalue weighted by atomic mass is 16.6. The number of nitrogens with one attached hydrogen (secondary N) is 1. The van der Waals surface area contributed by atoms with Gasteiger partial charge in [0.15, 0.2) is 11.5 Å². The van der Waals surface area contributed by atoms with Crippen LogP contribution in [0, 0.1) is 0 Å². The molecule has 28 heavy (non-hydrogen) atoms. The summed E-state index contributed by atoms with van der Waals surface area (Å²) in [6.45, 7) is 6.12. The molecular formula is C22H27N3O3. The number of carbonyl (C=O) groups is 1. The van der Waals surface area contributed by atoms with Gasteiger partial charge < -0.3 is 14.8 Å². The van der Waals surface area contributed by atoms with Crippen LogP contribution in [-0.4, -0.2) is 67.7 Å². The van der Waals surface area contributed by atoms with Crippen LogP contribution in [0.2, 0.25) is 0 Å². The van der Waals surface area contributed by atoms with E-state index in [9.17, 15) is 4.79 Å². The average molecular weight is 381 g/mol. The maximum Gasteiger partial charge on any atom is 0.234 e. The number of fused-ring (bicyclic) bond motifs is 1. The van der Waals surface area contributed by atoms with Crippen molar-refractivity contribution in [3.05, 3.63) is 60.2 Å². The maximum absolute atomic E-state index is 12.3. The van der Waals surface area contributed by atoms with Crippen molar-refractivity contribution in [2.75, 3.05) is 45.9 Å². The van der Waals surface area contributed by atoms with E-state index in [1.807, 2.05) is 30.3 Å². The Morgan fingerprint density at radius 2 is 1.61 bits per heavy atom. The van der Waals surface area contributed by atoms with Crippen LogP contribution in [0.4, 0.5) is 0 Å². The highest BCUT2D eigenvalue weighted by Crippen LogP contribution is 2.30. The van der Waals surface area contributed by atoms with Crippen molar-refractivity contribution in [3.63, 3.8) is 0 Å². The SMILES string of the molecule is O=C(CN1CCN(Cc2ccccc2)CC1)NC[C@@H]1COc2ccccc2O1. The molecule has 0 aromatic heterocycles. The molecule has 0 spiro atoms. The largest absolute Gasteiger partial charge is 0.486 e. The third kappa shape index (κ3) is 5.03. The van der Waals surface area contributed by atoms with Crippen LogP contribution in [0.25, 0.3) is 0 Å². The molecule has 0 radical (unpaired) electrons. The molecule has 2 heterocycles. The molecule has 1 atom stereocenters. The number of hydrogen-bond acceptors (Lipinski definition) is 5. The van der Waals surface area contributed by atoms with Crippen LogP contribution in [0.3, 0.4) is 0 Å². The molecule has 148 valence electrons. The number of ether oxygens (including phenoxy) is 2. The van der Waals surface area contributed by atoms with E-state index in [0.717, 1.165) is 44.2 Å². The number of piperazine rings is 1. The van der Waals surface area contributed by atoms with E-state index in [4.69, 9.17) is 9.47 Å². The topological polar surface area (TPSA) is 54.0 Å². The Labute approximate surface area is 166 Å². The van der Waals surface area contributed by atoms with Gasteiger partial charge in [-0.15, -0.1) is 0 Å². The number of hydrogen-bond donors (Lipinski definition) is 1. The standard InChI is InChI=1S/C22H27N3O3/c26-22(23-14-19-17-27-20-8-4-5-9-21(20)28-19)16-25-12-10-24(11-13-25)15-18-6-2-1-3-7-18/h1-9,19H,10-17H2,(H,23,26)/t19-/m1/s1. The van der Waals surface area contributed by atoms with E-state index < -0.39 is 0 Å². The summed E-state index contributed by atoms with van der Waals surface area (Å²) < 4.78 is 11.6. The molecule has 0 bridgehead atoms. The first kappa shape index (κ1) is 18.8. The molecule has 1 fully saturated rings. The lowest BCUT2D eigenvalue weighted by atomic mass is 10.2. The van der Waals surface area contributed by atoms with Gasteiger partial charge in [0, 0.05) is 32.7 Å². The van der Waals surface area contributed by atoms with E-state index >= 15 is 0 Å². The summed E-state index contributed by atoms with van der Waals surface area (Å²) in [6.07, 6.45) is -0.151. The van der Waals surface area contributed by atoms with Gasteiger partial charge in [-0.1, -0.05) is 42.5 Å². The van der Waals surface area contributed by atoms with E-state index in [2.05, 4.69) is 39.4 Å². The zero-order valence-corrected chi connectivity index (χ0v) is 16.0. The van der Waals surface area contributed by atoms with Crippen molar-refractivity contribution >= 4 is 5.91 Å². The Morgan fingerprint density at radius 3 is 2.39 bits per heavy atom. The lowest BCUT2D eigenvalue weighted by Crippen LogP contribution is -2.50. The molecule has 0 aliphatic carbocycles. The van der Waals surface area contributed by atoms with Crippen molar-refractivity contribution in [2.45, 2.75) is 12.6 Å². The van der Waals surface area contributed by atoms with Crippen LogP contribution in [0.5, 0.6) is 11.5 Å². The Morgan fingerprint density at radius 1 is 0.929 bits per heavy atom. The number of para-hydroxylation sites is 2. The summed E-state index contributed by atoms with van der Waals surface area (Å²) in [4.78, 5) is 17.0. The van der Waals surface area contributed by atoms with Crippen LogP contribution < -0.4 is 14.8 Å². The van der Waals surface area contributed by atoms with Crippen LogP contribution >= 0.6 is 0 Å².